The number of nitrogens with two attached hydrogens (primary N) is 1. The van der Waals surface area contributed by atoms with Crippen LogP contribution in [0.25, 0.3) is 10.9 Å². The van der Waals surface area contributed by atoms with Crippen LogP contribution in [0.4, 0.5) is 5.69 Å². The Labute approximate surface area is 123 Å². The van der Waals surface area contributed by atoms with Gasteiger partial charge in [0.1, 0.15) is 5.56 Å². The van der Waals surface area contributed by atoms with E-state index in [2.05, 4.69) is 12.2 Å². The SMILES string of the molecule is CCCCn1cc(C(=O)NCC)c(=O)c2c(N)cccc21. The van der Waals surface area contributed by atoms with Crippen LogP contribution >= 0.6 is 0 Å². The van der Waals surface area contributed by atoms with Crippen LogP contribution in [0.2, 0.25) is 0 Å². The largest absolute Gasteiger partial charge is 0.398 e. The third-order valence-electron chi connectivity index (χ3n) is 3.48. The molecular weight excluding hydrogens is 266 g/mol. The molecule has 2 aromatic rings. The van der Waals surface area contributed by atoms with E-state index >= 15 is 0 Å². The number of carbonyl (C=O) groups excluding carboxylic acids is 1. The number of nitrogen functional groups attached to an aromatic ring is 1. The molecule has 1 heterocycles. The van der Waals surface area contributed by atoms with Crippen molar-refractivity contribution in [2.75, 3.05) is 12.3 Å². The highest BCUT2D eigenvalue weighted by atomic mass is 16.2. The molecule has 0 spiro atoms. The number of benzene rings is 1. The maximum absolute atomic E-state index is 12.5. The van der Waals surface area contributed by atoms with E-state index in [1.807, 2.05) is 23.6 Å². The Morgan fingerprint density at radius 1 is 1.33 bits per heavy atom. The molecular formula is C16H21N3O2. The zero-order chi connectivity index (χ0) is 15.4. The van der Waals surface area contributed by atoms with Crippen molar-refractivity contribution >= 4 is 22.5 Å². The Bertz CT molecular complexity index is 719. The number of anilines is 1. The number of rotatable bonds is 5. The summed E-state index contributed by atoms with van der Waals surface area (Å²) in [5.74, 6) is -0.349. The van der Waals surface area contributed by atoms with Gasteiger partial charge in [0.05, 0.1) is 10.9 Å². The summed E-state index contributed by atoms with van der Waals surface area (Å²) in [6.07, 6.45) is 3.65. The van der Waals surface area contributed by atoms with Crippen molar-refractivity contribution < 1.29 is 4.79 Å². The van der Waals surface area contributed by atoms with Gasteiger partial charge in [0.2, 0.25) is 5.43 Å². The van der Waals surface area contributed by atoms with E-state index in [1.165, 1.54) is 0 Å². The predicted molar refractivity (Wildman–Crippen MR) is 85.5 cm³/mol. The number of carbonyl (C=O) groups is 1. The van der Waals surface area contributed by atoms with Gasteiger partial charge in [-0.2, -0.15) is 0 Å². The van der Waals surface area contributed by atoms with Crippen molar-refractivity contribution in [3.63, 3.8) is 0 Å². The Balaban J connectivity index is 2.71. The molecule has 2 rings (SSSR count). The van der Waals surface area contributed by atoms with E-state index < -0.39 is 0 Å². The lowest BCUT2D eigenvalue weighted by atomic mass is 10.1. The summed E-state index contributed by atoms with van der Waals surface area (Å²) in [5, 5.41) is 3.11. The lowest BCUT2D eigenvalue weighted by Gasteiger charge is -2.14. The van der Waals surface area contributed by atoms with Gasteiger partial charge >= 0.3 is 0 Å². The van der Waals surface area contributed by atoms with Gasteiger partial charge in [-0.05, 0) is 25.5 Å². The summed E-state index contributed by atoms with van der Waals surface area (Å²) in [5.41, 5.74) is 6.99. The fourth-order valence-electron chi connectivity index (χ4n) is 2.39. The average Bonchev–Trinajstić information content (AvgIpc) is 2.46. The van der Waals surface area contributed by atoms with Crippen LogP contribution in [0.3, 0.4) is 0 Å². The van der Waals surface area contributed by atoms with E-state index in [0.717, 1.165) is 24.9 Å². The van der Waals surface area contributed by atoms with Crippen molar-refractivity contribution in [3.8, 4) is 0 Å². The molecule has 21 heavy (non-hydrogen) atoms. The normalized spacial score (nSPS) is 10.8. The van der Waals surface area contributed by atoms with Crippen molar-refractivity contribution in [3.05, 3.63) is 40.2 Å². The second kappa shape index (κ2) is 6.43. The average molecular weight is 287 g/mol. The first-order valence-electron chi connectivity index (χ1n) is 7.30. The highest BCUT2D eigenvalue weighted by Crippen LogP contribution is 2.19. The number of nitrogens with one attached hydrogen (secondary N) is 1. The first-order valence-corrected chi connectivity index (χ1v) is 7.30. The Hall–Kier alpha value is -2.30. The third-order valence-corrected chi connectivity index (χ3v) is 3.48. The number of hydrogen-bond donors (Lipinski definition) is 2. The van der Waals surface area contributed by atoms with Gasteiger partial charge in [-0.1, -0.05) is 19.4 Å². The molecule has 0 aliphatic carbocycles. The summed E-state index contributed by atoms with van der Waals surface area (Å²) in [7, 11) is 0. The minimum absolute atomic E-state index is 0.151. The number of aryl methyl sites for hydroxylation is 1. The Kier molecular flexibility index (Phi) is 4.62. The van der Waals surface area contributed by atoms with E-state index in [1.54, 1.807) is 12.3 Å². The molecule has 1 aromatic carbocycles. The van der Waals surface area contributed by atoms with Crippen LogP contribution in [-0.4, -0.2) is 17.0 Å². The van der Waals surface area contributed by atoms with E-state index in [4.69, 9.17) is 5.73 Å². The molecule has 0 aliphatic rings. The fraction of sp³-hybridized carbons (Fsp3) is 0.375. The van der Waals surface area contributed by atoms with E-state index in [0.29, 0.717) is 17.6 Å². The van der Waals surface area contributed by atoms with Crippen molar-refractivity contribution in [2.24, 2.45) is 0 Å². The lowest BCUT2D eigenvalue weighted by Crippen LogP contribution is -2.30. The maximum Gasteiger partial charge on any atom is 0.256 e. The molecule has 5 heteroatoms. The highest BCUT2D eigenvalue weighted by Gasteiger charge is 2.16. The number of hydrogen-bond acceptors (Lipinski definition) is 3. The molecule has 0 radical (unpaired) electrons. The molecule has 5 nitrogen and oxygen atoms in total. The molecule has 3 N–H and O–H groups in total. The molecule has 0 fully saturated rings. The smallest absolute Gasteiger partial charge is 0.256 e. The maximum atomic E-state index is 12.5. The summed E-state index contributed by atoms with van der Waals surface area (Å²) in [4.78, 5) is 24.6. The monoisotopic (exact) mass is 287 g/mol. The van der Waals surface area contributed by atoms with Gasteiger partial charge < -0.3 is 15.6 Å². The number of aromatic nitrogens is 1. The first kappa shape index (κ1) is 15.1. The quantitative estimate of drug-likeness (QED) is 0.827. The molecule has 1 aromatic heterocycles. The fourth-order valence-corrected chi connectivity index (χ4v) is 2.39. The minimum atomic E-state index is -0.349. The van der Waals surface area contributed by atoms with Gasteiger partial charge in [-0.15, -0.1) is 0 Å². The summed E-state index contributed by atoms with van der Waals surface area (Å²) >= 11 is 0. The van der Waals surface area contributed by atoms with Gasteiger partial charge in [-0.3, -0.25) is 9.59 Å². The molecule has 0 unspecified atom stereocenters. The second-order valence-corrected chi connectivity index (χ2v) is 5.02. The topological polar surface area (TPSA) is 77.1 Å². The van der Waals surface area contributed by atoms with Crippen molar-refractivity contribution in [1.29, 1.82) is 0 Å². The number of nitrogens with zero attached hydrogens (tertiary/aromatic N) is 1. The van der Waals surface area contributed by atoms with Gasteiger partial charge in [0, 0.05) is 25.0 Å². The number of fused-ring (bicyclic) bond motifs is 1. The zero-order valence-corrected chi connectivity index (χ0v) is 12.5. The van der Waals surface area contributed by atoms with Crippen LogP contribution in [0.15, 0.2) is 29.2 Å². The van der Waals surface area contributed by atoms with Crippen LogP contribution < -0.4 is 16.5 Å². The summed E-state index contributed by atoms with van der Waals surface area (Å²) < 4.78 is 1.95. The Morgan fingerprint density at radius 2 is 2.10 bits per heavy atom. The first-order chi connectivity index (χ1) is 10.1. The second-order valence-electron chi connectivity index (χ2n) is 5.02. The lowest BCUT2D eigenvalue weighted by molar-refractivity contribution is 0.0954. The minimum Gasteiger partial charge on any atom is -0.398 e. The molecule has 112 valence electrons. The van der Waals surface area contributed by atoms with Crippen molar-refractivity contribution in [1.82, 2.24) is 9.88 Å². The molecule has 0 atom stereocenters. The number of pyridine rings is 1. The highest BCUT2D eigenvalue weighted by molar-refractivity contribution is 6.00. The third kappa shape index (κ3) is 2.91. The van der Waals surface area contributed by atoms with Crippen LogP contribution in [0.5, 0.6) is 0 Å². The van der Waals surface area contributed by atoms with Gasteiger partial charge in [-0.25, -0.2) is 0 Å². The van der Waals surface area contributed by atoms with Crippen LogP contribution in [0.1, 0.15) is 37.0 Å². The molecule has 0 saturated heterocycles. The van der Waals surface area contributed by atoms with Crippen molar-refractivity contribution in [2.45, 2.75) is 33.2 Å². The number of amides is 1. The Morgan fingerprint density at radius 3 is 2.76 bits per heavy atom. The number of unbranched alkanes of at least 4 members (excludes halogenated alkanes) is 1. The molecule has 0 aliphatic heterocycles. The van der Waals surface area contributed by atoms with Gasteiger partial charge in [0.25, 0.3) is 5.91 Å². The summed E-state index contributed by atoms with van der Waals surface area (Å²) in [6.45, 7) is 5.16. The van der Waals surface area contributed by atoms with Crippen LogP contribution in [-0.2, 0) is 6.54 Å². The standard InChI is InChI=1S/C16H21N3O2/c1-3-5-9-19-10-11(16(21)18-4-2)15(20)14-12(17)7-6-8-13(14)19/h6-8,10H,3-5,9,17H2,1-2H3,(H,18,21). The van der Waals surface area contributed by atoms with Gasteiger partial charge in [0.15, 0.2) is 0 Å². The summed E-state index contributed by atoms with van der Waals surface area (Å²) in [6, 6.07) is 5.38. The van der Waals surface area contributed by atoms with E-state index in [-0.39, 0.29) is 16.9 Å². The predicted octanol–water partition coefficient (Wildman–Crippen LogP) is 2.13. The van der Waals surface area contributed by atoms with E-state index in [9.17, 15) is 9.59 Å². The molecule has 1 amide bonds. The molecule has 0 saturated carbocycles. The van der Waals surface area contributed by atoms with Crippen LogP contribution in [0, 0.1) is 0 Å². The zero-order valence-electron chi connectivity index (χ0n) is 12.5. The molecule has 0 bridgehead atoms.